The van der Waals surface area contributed by atoms with Crippen LogP contribution >= 0.6 is 24.0 Å². The second-order valence-electron chi connectivity index (χ2n) is 7.23. The van der Waals surface area contributed by atoms with Gasteiger partial charge in [0.15, 0.2) is 11.8 Å². The van der Waals surface area contributed by atoms with Crippen LogP contribution in [0.15, 0.2) is 23.2 Å². The number of hydrogen-bond donors (Lipinski definition) is 2. The van der Waals surface area contributed by atoms with Crippen LogP contribution in [0.25, 0.3) is 0 Å². The molecule has 1 aromatic heterocycles. The minimum absolute atomic E-state index is 0. The highest BCUT2D eigenvalue weighted by Gasteiger charge is 2.15. The van der Waals surface area contributed by atoms with E-state index < -0.39 is 0 Å². The Hall–Kier alpha value is -1.88. The van der Waals surface area contributed by atoms with Crippen molar-refractivity contribution in [1.29, 1.82) is 0 Å². The van der Waals surface area contributed by atoms with Crippen LogP contribution in [0.4, 0.5) is 0 Å². The van der Waals surface area contributed by atoms with E-state index in [-0.39, 0.29) is 24.0 Å². The molecule has 0 spiro atoms. The van der Waals surface area contributed by atoms with E-state index in [1.165, 1.54) is 19.3 Å². The summed E-state index contributed by atoms with van der Waals surface area (Å²) < 4.78 is 13.2. The molecule has 0 atom stereocenters. The van der Waals surface area contributed by atoms with Gasteiger partial charge in [0.05, 0.1) is 13.2 Å². The zero-order chi connectivity index (χ0) is 20.5. The van der Waals surface area contributed by atoms with Gasteiger partial charge in [-0.25, -0.2) is 0 Å². The van der Waals surface area contributed by atoms with Crippen LogP contribution in [0.5, 0.6) is 5.75 Å². The first-order valence-corrected chi connectivity index (χ1v) is 10.3. The summed E-state index contributed by atoms with van der Waals surface area (Å²) in [5.74, 6) is 3.65. The lowest BCUT2D eigenvalue weighted by molar-refractivity contribution is 0.145. The molecule has 1 aliphatic rings. The Balaban J connectivity index is 0.00000320. The maximum Gasteiger partial charge on any atom is 0.191 e. The summed E-state index contributed by atoms with van der Waals surface area (Å²) in [6, 6.07) is 6.21. The second-order valence-corrected chi connectivity index (χ2v) is 7.23. The van der Waals surface area contributed by atoms with Gasteiger partial charge in [0.1, 0.15) is 18.2 Å². The number of guanidine groups is 1. The van der Waals surface area contributed by atoms with Crippen molar-refractivity contribution >= 4 is 29.9 Å². The Kier molecular flexibility index (Phi) is 10.4. The fourth-order valence-electron chi connectivity index (χ4n) is 3.42. The molecule has 3 rings (SSSR count). The standard InChI is InChI=1S/C21H32N6O2.HI/c1-16-8-9-17(18(13-16)29-12-11-28-3)14-23-21(22-2)24-15-20-26-25-19-7-5-4-6-10-27(19)20;/h8-9,13H,4-7,10-12,14-15H2,1-3H3,(H2,22,23,24);1H. The molecule has 9 heteroatoms. The molecule has 30 heavy (non-hydrogen) atoms. The van der Waals surface area contributed by atoms with Crippen molar-refractivity contribution < 1.29 is 9.47 Å². The largest absolute Gasteiger partial charge is 0.491 e. The molecule has 8 nitrogen and oxygen atoms in total. The summed E-state index contributed by atoms with van der Waals surface area (Å²) in [6.07, 6.45) is 4.65. The third-order valence-electron chi connectivity index (χ3n) is 5.04. The molecule has 166 valence electrons. The van der Waals surface area contributed by atoms with Gasteiger partial charge >= 0.3 is 0 Å². The van der Waals surface area contributed by atoms with Gasteiger partial charge in [-0.1, -0.05) is 18.6 Å². The van der Waals surface area contributed by atoms with Crippen molar-refractivity contribution in [3.05, 3.63) is 41.0 Å². The highest BCUT2D eigenvalue weighted by molar-refractivity contribution is 14.0. The lowest BCUT2D eigenvalue weighted by atomic mass is 10.1. The minimum Gasteiger partial charge on any atom is -0.491 e. The molecule has 0 saturated carbocycles. The first-order chi connectivity index (χ1) is 14.2. The van der Waals surface area contributed by atoms with Gasteiger partial charge in [-0.15, -0.1) is 34.2 Å². The van der Waals surface area contributed by atoms with Crippen molar-refractivity contribution in [2.24, 2.45) is 4.99 Å². The zero-order valence-corrected chi connectivity index (χ0v) is 20.4. The van der Waals surface area contributed by atoms with E-state index in [1.54, 1.807) is 14.2 Å². The molecule has 2 N–H and O–H groups in total. The number of methoxy groups -OCH3 is 1. The topological polar surface area (TPSA) is 85.6 Å². The molecule has 1 aliphatic heterocycles. The van der Waals surface area contributed by atoms with Gasteiger partial charge < -0.3 is 24.7 Å². The number of aliphatic imine (C=N–C) groups is 1. The quantitative estimate of drug-likeness (QED) is 0.237. The first kappa shape index (κ1) is 24.4. The Bertz CT molecular complexity index is 824. The van der Waals surface area contributed by atoms with Gasteiger partial charge in [-0.2, -0.15) is 0 Å². The predicted molar refractivity (Wildman–Crippen MR) is 129 cm³/mol. The van der Waals surface area contributed by atoms with Gasteiger partial charge in [0.2, 0.25) is 0 Å². The number of halogens is 1. The summed E-state index contributed by atoms with van der Waals surface area (Å²) in [5, 5.41) is 15.4. The number of rotatable bonds is 8. The van der Waals surface area contributed by atoms with Gasteiger partial charge in [-0.3, -0.25) is 4.99 Å². The molecule has 2 aromatic rings. The van der Waals surface area contributed by atoms with Crippen molar-refractivity contribution in [3.63, 3.8) is 0 Å². The average Bonchev–Trinajstić information content (AvgIpc) is 2.95. The molecule has 0 amide bonds. The molecule has 1 aromatic carbocycles. The number of nitrogens with zero attached hydrogens (tertiary/aromatic N) is 4. The van der Waals surface area contributed by atoms with E-state index in [1.807, 2.05) is 6.07 Å². The molecule has 0 bridgehead atoms. The fraction of sp³-hybridized carbons (Fsp3) is 0.571. The van der Waals surface area contributed by atoms with E-state index in [4.69, 9.17) is 9.47 Å². The van der Waals surface area contributed by atoms with E-state index in [0.29, 0.717) is 26.3 Å². The third-order valence-corrected chi connectivity index (χ3v) is 5.04. The third kappa shape index (κ3) is 6.83. The van der Waals surface area contributed by atoms with Crippen molar-refractivity contribution in [2.45, 2.75) is 52.2 Å². The summed E-state index contributed by atoms with van der Waals surface area (Å²) in [6.45, 7) is 5.35. The van der Waals surface area contributed by atoms with Crippen molar-refractivity contribution in [1.82, 2.24) is 25.4 Å². The van der Waals surface area contributed by atoms with E-state index in [0.717, 1.165) is 47.5 Å². The van der Waals surface area contributed by atoms with Crippen LogP contribution in [0.2, 0.25) is 0 Å². The number of hydrogen-bond acceptors (Lipinski definition) is 5. The van der Waals surface area contributed by atoms with Crippen LogP contribution in [-0.4, -0.2) is 48.1 Å². The Labute approximate surface area is 195 Å². The van der Waals surface area contributed by atoms with Crippen molar-refractivity contribution in [2.75, 3.05) is 27.4 Å². The van der Waals surface area contributed by atoms with Crippen LogP contribution < -0.4 is 15.4 Å². The second kappa shape index (κ2) is 12.7. The molecule has 0 radical (unpaired) electrons. The summed E-state index contributed by atoms with van der Waals surface area (Å²) in [7, 11) is 3.44. The smallest absolute Gasteiger partial charge is 0.191 e. The van der Waals surface area contributed by atoms with Crippen LogP contribution in [0, 0.1) is 6.92 Å². The highest BCUT2D eigenvalue weighted by Crippen LogP contribution is 2.20. The fourth-order valence-corrected chi connectivity index (χ4v) is 3.42. The zero-order valence-electron chi connectivity index (χ0n) is 18.1. The maximum atomic E-state index is 5.87. The van der Waals surface area contributed by atoms with Gasteiger partial charge in [0.25, 0.3) is 0 Å². The molecule has 2 heterocycles. The summed E-state index contributed by atoms with van der Waals surface area (Å²) in [4.78, 5) is 4.33. The molecule has 0 fully saturated rings. The Morgan fingerprint density at radius 2 is 1.97 bits per heavy atom. The summed E-state index contributed by atoms with van der Waals surface area (Å²) in [5.41, 5.74) is 2.24. The average molecular weight is 528 g/mol. The number of benzene rings is 1. The van der Waals surface area contributed by atoms with Gasteiger partial charge in [0, 0.05) is 39.2 Å². The van der Waals surface area contributed by atoms with E-state index in [9.17, 15) is 0 Å². The van der Waals surface area contributed by atoms with E-state index in [2.05, 4.69) is 49.4 Å². The van der Waals surface area contributed by atoms with Crippen LogP contribution in [0.1, 0.15) is 42.0 Å². The monoisotopic (exact) mass is 528 g/mol. The normalized spacial score (nSPS) is 13.8. The number of ether oxygens (including phenoxy) is 2. The molecule has 0 unspecified atom stereocenters. The number of aryl methyl sites for hydroxylation is 2. The molecular weight excluding hydrogens is 495 g/mol. The Morgan fingerprint density at radius 1 is 1.13 bits per heavy atom. The van der Waals surface area contributed by atoms with Gasteiger partial charge in [-0.05, 0) is 31.4 Å². The number of fused-ring (bicyclic) bond motifs is 1. The first-order valence-electron chi connectivity index (χ1n) is 10.3. The lowest BCUT2D eigenvalue weighted by Gasteiger charge is -2.15. The number of nitrogens with one attached hydrogen (secondary N) is 2. The number of aromatic nitrogens is 3. The van der Waals surface area contributed by atoms with Crippen molar-refractivity contribution in [3.8, 4) is 5.75 Å². The Morgan fingerprint density at radius 3 is 2.77 bits per heavy atom. The SMILES string of the molecule is CN=C(NCc1ccc(C)cc1OCCOC)NCc1nnc2n1CCCCC2.I. The van der Waals surface area contributed by atoms with Crippen LogP contribution in [0.3, 0.4) is 0 Å². The molecular formula is C21H33IN6O2. The summed E-state index contributed by atoms with van der Waals surface area (Å²) >= 11 is 0. The maximum absolute atomic E-state index is 5.87. The molecule has 0 saturated heterocycles. The highest BCUT2D eigenvalue weighted by atomic mass is 127. The predicted octanol–water partition coefficient (Wildman–Crippen LogP) is 2.82. The van der Waals surface area contributed by atoms with E-state index >= 15 is 0 Å². The minimum atomic E-state index is 0. The lowest BCUT2D eigenvalue weighted by Crippen LogP contribution is -2.37. The molecule has 0 aliphatic carbocycles. The van der Waals surface area contributed by atoms with Crippen LogP contribution in [-0.2, 0) is 30.8 Å².